The van der Waals surface area contributed by atoms with E-state index in [-0.39, 0.29) is 17.9 Å². The fourth-order valence-corrected chi connectivity index (χ4v) is 4.54. The van der Waals surface area contributed by atoms with Gasteiger partial charge in [0.2, 0.25) is 0 Å². The topological polar surface area (TPSA) is 98.2 Å². The molecule has 0 radical (unpaired) electrons. The molecule has 1 amide bonds. The number of ketones is 1. The van der Waals surface area contributed by atoms with Crippen LogP contribution in [0.4, 0.5) is 0 Å². The number of likely N-dealkylation sites (tertiary alicyclic amines) is 1. The summed E-state index contributed by atoms with van der Waals surface area (Å²) in [7, 11) is 3.05. The number of aliphatic hydroxyl groups excluding tert-OH is 1. The zero-order chi connectivity index (χ0) is 27.2. The Kier molecular flexibility index (Phi) is 8.31. The van der Waals surface area contributed by atoms with E-state index in [0.29, 0.717) is 35.0 Å². The summed E-state index contributed by atoms with van der Waals surface area (Å²) in [5, 5.41) is 11.5. The van der Waals surface area contributed by atoms with Crippen molar-refractivity contribution in [3.05, 3.63) is 88.8 Å². The number of pyridine rings is 1. The van der Waals surface area contributed by atoms with Gasteiger partial charge in [0, 0.05) is 24.5 Å². The van der Waals surface area contributed by atoms with Gasteiger partial charge >= 0.3 is 0 Å². The second-order valence-electron chi connectivity index (χ2n) is 9.08. The highest BCUT2D eigenvalue weighted by atomic mass is 16.5. The molecule has 0 saturated carbocycles. The molecule has 1 N–H and O–H groups in total. The van der Waals surface area contributed by atoms with Crippen molar-refractivity contribution in [3.63, 3.8) is 0 Å². The lowest BCUT2D eigenvalue weighted by atomic mass is 9.94. The number of ether oxygens (including phenoxy) is 3. The van der Waals surface area contributed by atoms with Crippen LogP contribution in [0.2, 0.25) is 0 Å². The molecule has 1 atom stereocenters. The summed E-state index contributed by atoms with van der Waals surface area (Å²) in [5.74, 6) is -0.0434. The van der Waals surface area contributed by atoms with E-state index in [4.69, 9.17) is 14.2 Å². The maximum atomic E-state index is 13.4. The SMILES string of the molecule is CCCCOc1ccc(C(O)=C2C(=O)C(=O)N(Cc3cccnc3)[C@H]2c2ccc(OC)c(OC)c2)cc1C. The number of hydrogen-bond acceptors (Lipinski definition) is 7. The second-order valence-corrected chi connectivity index (χ2v) is 9.08. The van der Waals surface area contributed by atoms with E-state index in [0.717, 1.165) is 24.0 Å². The lowest BCUT2D eigenvalue weighted by Gasteiger charge is -2.26. The van der Waals surface area contributed by atoms with Crippen molar-refractivity contribution in [2.45, 2.75) is 39.3 Å². The van der Waals surface area contributed by atoms with Gasteiger partial charge in [0.05, 0.1) is 32.4 Å². The third-order valence-electron chi connectivity index (χ3n) is 6.54. The van der Waals surface area contributed by atoms with Gasteiger partial charge in [-0.15, -0.1) is 0 Å². The van der Waals surface area contributed by atoms with Crippen LogP contribution in [0.15, 0.2) is 66.5 Å². The van der Waals surface area contributed by atoms with Crippen LogP contribution >= 0.6 is 0 Å². The molecule has 2 aromatic carbocycles. The Balaban J connectivity index is 1.82. The van der Waals surface area contributed by atoms with Gasteiger partial charge in [0.15, 0.2) is 11.5 Å². The van der Waals surface area contributed by atoms with E-state index in [1.807, 2.05) is 13.0 Å². The van der Waals surface area contributed by atoms with Crippen LogP contribution in [0.25, 0.3) is 5.76 Å². The number of Topliss-reactive ketones (excluding diaryl/α,β-unsaturated/α-hetero) is 1. The number of nitrogens with zero attached hydrogens (tertiary/aromatic N) is 2. The monoisotopic (exact) mass is 516 g/mol. The first kappa shape index (κ1) is 26.7. The maximum absolute atomic E-state index is 13.4. The summed E-state index contributed by atoms with van der Waals surface area (Å²) in [6, 6.07) is 13.2. The molecule has 1 aromatic heterocycles. The van der Waals surface area contributed by atoms with E-state index < -0.39 is 17.7 Å². The zero-order valence-corrected chi connectivity index (χ0v) is 22.1. The summed E-state index contributed by atoms with van der Waals surface area (Å²) in [4.78, 5) is 32.3. The first-order valence-corrected chi connectivity index (χ1v) is 12.5. The van der Waals surface area contributed by atoms with Crippen molar-refractivity contribution in [1.82, 2.24) is 9.88 Å². The molecule has 1 aliphatic heterocycles. The van der Waals surface area contributed by atoms with E-state index in [1.54, 1.807) is 54.9 Å². The molecule has 3 aromatic rings. The number of carbonyl (C=O) groups is 2. The van der Waals surface area contributed by atoms with Crippen molar-refractivity contribution in [1.29, 1.82) is 0 Å². The van der Waals surface area contributed by atoms with Crippen LogP contribution < -0.4 is 14.2 Å². The highest BCUT2D eigenvalue weighted by molar-refractivity contribution is 6.46. The molecular weight excluding hydrogens is 484 g/mol. The van der Waals surface area contributed by atoms with Crippen LogP contribution in [0, 0.1) is 6.92 Å². The third kappa shape index (κ3) is 5.34. The lowest BCUT2D eigenvalue weighted by molar-refractivity contribution is -0.140. The summed E-state index contributed by atoms with van der Waals surface area (Å²) >= 11 is 0. The normalized spacial score (nSPS) is 16.5. The predicted molar refractivity (Wildman–Crippen MR) is 143 cm³/mol. The number of carbonyl (C=O) groups excluding carboxylic acids is 2. The van der Waals surface area contributed by atoms with Gasteiger partial charge in [-0.25, -0.2) is 0 Å². The largest absolute Gasteiger partial charge is 0.507 e. The average Bonchev–Trinajstić information content (AvgIpc) is 3.18. The number of amides is 1. The molecule has 0 unspecified atom stereocenters. The van der Waals surface area contributed by atoms with Crippen LogP contribution in [-0.2, 0) is 16.1 Å². The molecule has 198 valence electrons. The minimum absolute atomic E-state index is 0.00478. The summed E-state index contributed by atoms with van der Waals surface area (Å²) in [6.07, 6.45) is 5.24. The summed E-state index contributed by atoms with van der Waals surface area (Å²) in [5.41, 5.74) is 2.60. The number of benzene rings is 2. The maximum Gasteiger partial charge on any atom is 0.295 e. The Labute approximate surface area is 222 Å². The van der Waals surface area contributed by atoms with Crippen LogP contribution in [0.5, 0.6) is 17.2 Å². The van der Waals surface area contributed by atoms with E-state index in [9.17, 15) is 14.7 Å². The van der Waals surface area contributed by atoms with Crippen molar-refractivity contribution in [2.24, 2.45) is 0 Å². The number of aromatic nitrogens is 1. The molecule has 38 heavy (non-hydrogen) atoms. The van der Waals surface area contributed by atoms with Crippen molar-refractivity contribution >= 4 is 17.4 Å². The lowest BCUT2D eigenvalue weighted by Crippen LogP contribution is -2.29. The minimum atomic E-state index is -0.851. The number of aryl methyl sites for hydroxylation is 1. The van der Waals surface area contributed by atoms with Crippen LogP contribution in [-0.4, -0.2) is 47.5 Å². The van der Waals surface area contributed by atoms with Gasteiger partial charge in [0.25, 0.3) is 11.7 Å². The molecule has 2 heterocycles. The van der Waals surface area contributed by atoms with Crippen molar-refractivity contribution < 1.29 is 28.9 Å². The summed E-state index contributed by atoms with van der Waals surface area (Å²) in [6.45, 7) is 4.71. The molecule has 4 rings (SSSR count). The summed E-state index contributed by atoms with van der Waals surface area (Å²) < 4.78 is 16.7. The van der Waals surface area contributed by atoms with E-state index >= 15 is 0 Å². The predicted octanol–water partition coefficient (Wildman–Crippen LogP) is 5.21. The molecular formula is C30H32N2O6. The van der Waals surface area contributed by atoms with Gasteiger partial charge in [-0.3, -0.25) is 14.6 Å². The third-order valence-corrected chi connectivity index (χ3v) is 6.54. The van der Waals surface area contributed by atoms with Gasteiger partial charge < -0.3 is 24.2 Å². The average molecular weight is 517 g/mol. The quantitative estimate of drug-likeness (QED) is 0.171. The number of aliphatic hydroxyl groups is 1. The molecule has 8 nitrogen and oxygen atoms in total. The zero-order valence-electron chi connectivity index (χ0n) is 22.1. The van der Waals surface area contributed by atoms with Crippen LogP contribution in [0.1, 0.15) is 48.1 Å². The first-order chi connectivity index (χ1) is 18.4. The van der Waals surface area contributed by atoms with Crippen molar-refractivity contribution in [3.8, 4) is 17.2 Å². The van der Waals surface area contributed by atoms with Crippen LogP contribution in [0.3, 0.4) is 0 Å². The Hall–Kier alpha value is -4.33. The number of hydrogen-bond donors (Lipinski definition) is 1. The molecule has 1 saturated heterocycles. The second kappa shape index (κ2) is 11.8. The Morgan fingerprint density at radius 2 is 1.79 bits per heavy atom. The van der Waals surface area contributed by atoms with E-state index in [2.05, 4.69) is 11.9 Å². The molecule has 0 spiro atoms. The van der Waals surface area contributed by atoms with Gasteiger partial charge in [0.1, 0.15) is 11.5 Å². The fourth-order valence-electron chi connectivity index (χ4n) is 4.54. The highest BCUT2D eigenvalue weighted by Crippen LogP contribution is 2.43. The minimum Gasteiger partial charge on any atom is -0.507 e. The molecule has 1 fully saturated rings. The Morgan fingerprint density at radius 3 is 2.45 bits per heavy atom. The Bertz CT molecular complexity index is 1350. The molecule has 8 heteroatoms. The van der Waals surface area contributed by atoms with Gasteiger partial charge in [-0.2, -0.15) is 0 Å². The molecule has 0 aliphatic carbocycles. The Morgan fingerprint density at radius 1 is 1.03 bits per heavy atom. The van der Waals surface area contributed by atoms with E-state index in [1.165, 1.54) is 19.1 Å². The highest BCUT2D eigenvalue weighted by Gasteiger charge is 2.46. The molecule has 1 aliphatic rings. The fraction of sp³-hybridized carbons (Fsp3) is 0.300. The number of unbranched alkanes of at least 4 members (excludes halogenated alkanes) is 1. The van der Waals surface area contributed by atoms with Gasteiger partial charge in [-0.1, -0.05) is 25.5 Å². The van der Waals surface area contributed by atoms with Gasteiger partial charge in [-0.05, 0) is 66.4 Å². The first-order valence-electron chi connectivity index (χ1n) is 12.5. The standard InChI is InChI=1S/C30H32N2O6/c1-5-6-14-38-23-11-10-22(15-19(23)2)28(33)26-27(21-9-12-24(36-3)25(16-21)37-4)32(30(35)29(26)34)18-20-8-7-13-31-17-20/h7-13,15-17,27,33H,5-6,14,18H2,1-4H3/t27-/m0/s1. The smallest absolute Gasteiger partial charge is 0.295 e. The van der Waals surface area contributed by atoms with Crippen molar-refractivity contribution in [2.75, 3.05) is 20.8 Å². The number of methoxy groups -OCH3 is 2. The number of rotatable bonds is 10. The molecule has 0 bridgehead atoms.